The lowest BCUT2D eigenvalue weighted by molar-refractivity contribution is -0.296. The van der Waals surface area contributed by atoms with Gasteiger partial charge in [-0.2, -0.15) is 4.98 Å². The summed E-state index contributed by atoms with van der Waals surface area (Å²) in [6, 6.07) is 7.00. The van der Waals surface area contributed by atoms with Gasteiger partial charge in [0.25, 0.3) is 11.4 Å². The van der Waals surface area contributed by atoms with Crippen molar-refractivity contribution in [3.63, 3.8) is 0 Å². The maximum atomic E-state index is 17.2. The van der Waals surface area contributed by atoms with Gasteiger partial charge in [-0.15, -0.1) is 0 Å². The van der Waals surface area contributed by atoms with Gasteiger partial charge in [-0.25, -0.2) is 28.7 Å². The Labute approximate surface area is 370 Å². The number of aliphatic hydroxyl groups is 1. The Kier molecular flexibility index (Phi) is 14.2. The number of alkyl halides is 1. The summed E-state index contributed by atoms with van der Waals surface area (Å²) in [6.07, 6.45) is -1.30. The molecule has 0 radical (unpaired) electrons. The van der Waals surface area contributed by atoms with E-state index in [-0.39, 0.29) is 25.2 Å². The van der Waals surface area contributed by atoms with E-state index in [0.717, 1.165) is 28.3 Å². The van der Waals surface area contributed by atoms with Crippen LogP contribution in [0.15, 0.2) is 60.0 Å². The molecule has 64 heavy (non-hydrogen) atoms. The molecule has 20 heteroatoms. The van der Waals surface area contributed by atoms with Gasteiger partial charge in [0, 0.05) is 67.3 Å². The monoisotopic (exact) mass is 894 g/mol. The number of ketones is 2. The van der Waals surface area contributed by atoms with Gasteiger partial charge in [0.15, 0.2) is 18.2 Å². The summed E-state index contributed by atoms with van der Waals surface area (Å²) in [4.78, 5) is 83.7. The van der Waals surface area contributed by atoms with Crippen molar-refractivity contribution >= 4 is 35.1 Å². The number of nitrogens with one attached hydrogen (secondary N) is 2. The van der Waals surface area contributed by atoms with Crippen LogP contribution in [0.2, 0.25) is 0 Å². The molecular formula is C44H59FN8O11. The molecule has 2 unspecified atom stereocenters. The number of benzene rings is 1. The molecule has 5 N–H and O–H groups in total. The van der Waals surface area contributed by atoms with Gasteiger partial charge in [-0.3, -0.25) is 14.2 Å². The molecule has 3 aliphatic heterocycles. The number of Topliss-reactive ketones (excluding diaryl/α,β-unsaturated/α-hetero) is 2. The number of carbonyl (C=O) groups is 4. The lowest BCUT2D eigenvalue weighted by atomic mass is 9.74. The van der Waals surface area contributed by atoms with Gasteiger partial charge >= 0.3 is 17.8 Å². The molecule has 3 aliphatic rings. The highest BCUT2D eigenvalue weighted by molar-refractivity contribution is 6.08. The standard InChI is InChI=1S/C44H59FN8O11/c1-10-31-44(53-16-15-32(46)50-40(53)58)35(51-41(59)64-44)24(3)33(54)23(2)18-42(5,60-9)37(25(4)36(56)43(6,45)39(57)62-31)63-38-34(55)30(52(7)8)17-29(61-38)21-49-28-13-11-26(12-14-28)27-19-47-22-48-20-27/h11-16,19-20,22-25,29-31,34-35,37-38,49,55H,10,17-18,21H2,1-9H3,(H,51,59)(H2,46,50,58)/t23-,24+,25+,29+,30?,31-,34?,35-,37-,38+,42-,43+,44-/m1/s1. The summed E-state index contributed by atoms with van der Waals surface area (Å²) in [6.45, 7) is 8.63. The third-order valence-electron chi connectivity index (χ3n) is 12.9. The average molecular weight is 895 g/mol. The maximum absolute atomic E-state index is 17.2. The molecule has 13 atom stereocenters. The number of nitrogens with zero attached hydrogens (tertiary/aromatic N) is 5. The number of anilines is 2. The van der Waals surface area contributed by atoms with Gasteiger partial charge in [-0.05, 0) is 71.0 Å². The van der Waals surface area contributed by atoms with Gasteiger partial charge < -0.3 is 50.1 Å². The number of methoxy groups -OCH3 is 1. The third kappa shape index (κ3) is 9.24. The zero-order valence-electron chi connectivity index (χ0n) is 37.5. The molecule has 2 aromatic heterocycles. The molecule has 0 aliphatic carbocycles. The van der Waals surface area contributed by atoms with E-state index < -0.39 is 107 Å². The van der Waals surface area contributed by atoms with Gasteiger partial charge in [0.1, 0.15) is 30.1 Å². The largest absolute Gasteiger partial charge is 0.453 e. The Bertz CT molecular complexity index is 2230. The summed E-state index contributed by atoms with van der Waals surface area (Å²) in [5.41, 5.74) is 0.0770. The molecule has 3 fully saturated rings. The van der Waals surface area contributed by atoms with Crippen LogP contribution in [0.5, 0.6) is 0 Å². The molecule has 0 saturated carbocycles. The van der Waals surface area contributed by atoms with Crippen molar-refractivity contribution in [1.82, 2.24) is 29.7 Å². The Morgan fingerprint density at radius 1 is 1.03 bits per heavy atom. The molecule has 1 aromatic carbocycles. The first-order valence-electron chi connectivity index (χ1n) is 21.3. The lowest BCUT2D eigenvalue weighted by Crippen LogP contribution is -2.64. The highest BCUT2D eigenvalue weighted by Gasteiger charge is 2.63. The van der Waals surface area contributed by atoms with Crippen molar-refractivity contribution in [2.45, 2.75) is 121 Å². The number of hydrogen-bond acceptors (Lipinski definition) is 17. The van der Waals surface area contributed by atoms with Crippen molar-refractivity contribution in [2.75, 3.05) is 38.8 Å². The maximum Gasteiger partial charge on any atom is 0.409 e. The van der Waals surface area contributed by atoms with Crippen molar-refractivity contribution < 1.29 is 52.4 Å². The Hall–Kier alpha value is -5.41. The summed E-state index contributed by atoms with van der Waals surface area (Å²) in [5.74, 6) is -7.12. The van der Waals surface area contributed by atoms with E-state index in [1.54, 1.807) is 40.3 Å². The van der Waals surface area contributed by atoms with Crippen molar-refractivity contribution in [3.8, 4) is 11.1 Å². The lowest BCUT2D eigenvalue weighted by Gasteiger charge is -2.47. The van der Waals surface area contributed by atoms with E-state index in [1.165, 1.54) is 46.5 Å². The second kappa shape index (κ2) is 19.0. The second-order valence-corrected chi connectivity index (χ2v) is 17.6. The number of amides is 1. The molecular weight excluding hydrogens is 836 g/mol. The Balaban J connectivity index is 1.35. The van der Waals surface area contributed by atoms with E-state index >= 15 is 4.39 Å². The summed E-state index contributed by atoms with van der Waals surface area (Å²) in [5, 5.41) is 17.8. The minimum absolute atomic E-state index is 0.145. The number of aliphatic hydroxyl groups excluding tert-OH is 1. The number of nitrogens with two attached hydrogens (primary N) is 1. The number of halogens is 1. The molecule has 5 heterocycles. The van der Waals surface area contributed by atoms with Crippen molar-refractivity contribution in [3.05, 3.63) is 65.7 Å². The number of fused-ring (bicyclic) bond motifs is 1. The minimum Gasteiger partial charge on any atom is -0.453 e. The predicted octanol–water partition coefficient (Wildman–Crippen LogP) is 2.85. The highest BCUT2D eigenvalue weighted by Crippen LogP contribution is 2.43. The Morgan fingerprint density at radius 3 is 2.31 bits per heavy atom. The molecule has 6 rings (SSSR count). The normalized spacial score (nSPS) is 35.2. The zero-order valence-corrected chi connectivity index (χ0v) is 37.5. The number of ether oxygens (including phenoxy) is 5. The highest BCUT2D eigenvalue weighted by atomic mass is 19.1. The number of likely N-dealkylation sites (N-methyl/N-ethyl adjacent to an activating group) is 1. The summed E-state index contributed by atoms with van der Waals surface area (Å²) >= 11 is 0. The second-order valence-electron chi connectivity index (χ2n) is 17.6. The van der Waals surface area contributed by atoms with Crippen LogP contribution in [0, 0.1) is 17.8 Å². The number of hydrogen-bond donors (Lipinski definition) is 4. The number of aromatic nitrogens is 4. The molecule has 1 amide bonds. The molecule has 3 aromatic rings. The zero-order chi connectivity index (χ0) is 46.9. The summed E-state index contributed by atoms with van der Waals surface area (Å²) < 4.78 is 48.8. The molecule has 348 valence electrons. The number of nitrogen functional groups attached to an aromatic ring is 1. The number of cyclic esters (lactones) is 1. The van der Waals surface area contributed by atoms with Crippen molar-refractivity contribution in [2.24, 2.45) is 17.8 Å². The summed E-state index contributed by atoms with van der Waals surface area (Å²) in [7, 11) is 4.93. The van der Waals surface area contributed by atoms with E-state index in [4.69, 9.17) is 29.4 Å². The average Bonchev–Trinajstić information content (AvgIpc) is 3.62. The fourth-order valence-corrected chi connectivity index (χ4v) is 9.33. The predicted molar refractivity (Wildman–Crippen MR) is 229 cm³/mol. The SMILES string of the molecule is CC[C@H]1OC(=O)[C@@](C)(F)C(=O)[C@H](C)[C@@H](O[C@@H]2O[C@H](CNc3ccc(-c4cncnc4)cc3)CC(N(C)C)C2O)[C@](C)(OC)C[C@@H](C)C(=O)[C@H](C)[C@H]2NC(=O)O[C@@]21n1ccc(N)nc1=O. The number of rotatable bonds is 10. The number of esters is 1. The van der Waals surface area contributed by atoms with Crippen molar-refractivity contribution in [1.29, 1.82) is 0 Å². The van der Waals surface area contributed by atoms with Gasteiger partial charge in [-0.1, -0.05) is 39.8 Å². The van der Waals surface area contributed by atoms with Gasteiger partial charge in [0.05, 0.1) is 17.8 Å². The van der Waals surface area contributed by atoms with Crippen LogP contribution in [-0.2, 0) is 43.8 Å². The van der Waals surface area contributed by atoms with Crippen LogP contribution in [-0.4, -0.2) is 135 Å². The van der Waals surface area contributed by atoms with Crippen LogP contribution >= 0.6 is 0 Å². The van der Waals surface area contributed by atoms with Crippen LogP contribution in [0.1, 0.15) is 60.8 Å². The Morgan fingerprint density at radius 2 is 1.70 bits per heavy atom. The molecule has 0 spiro atoms. The van der Waals surface area contributed by atoms with E-state index in [0.29, 0.717) is 6.42 Å². The molecule has 3 saturated heterocycles. The van der Waals surface area contributed by atoms with Crippen LogP contribution < -0.4 is 22.1 Å². The smallest absolute Gasteiger partial charge is 0.409 e. The topological polar surface area (TPSA) is 249 Å². The fraction of sp³-hybridized carbons (Fsp3) is 0.591. The first-order chi connectivity index (χ1) is 30.2. The number of alkyl carbamates (subject to hydrolysis) is 1. The van der Waals surface area contributed by atoms with Crippen LogP contribution in [0.4, 0.5) is 20.7 Å². The fourth-order valence-electron chi connectivity index (χ4n) is 9.33. The van der Waals surface area contributed by atoms with E-state index in [2.05, 4.69) is 25.6 Å². The quantitative estimate of drug-likeness (QED) is 0.169. The minimum atomic E-state index is -3.37. The molecule has 19 nitrogen and oxygen atoms in total. The molecule has 0 bridgehead atoms. The van der Waals surface area contributed by atoms with Crippen LogP contribution in [0.3, 0.4) is 0 Å². The van der Waals surface area contributed by atoms with E-state index in [1.807, 2.05) is 29.2 Å². The van der Waals surface area contributed by atoms with Crippen LogP contribution in [0.25, 0.3) is 11.1 Å². The van der Waals surface area contributed by atoms with Gasteiger partial charge in [0.2, 0.25) is 0 Å². The van der Waals surface area contributed by atoms with E-state index in [9.17, 15) is 29.1 Å². The first kappa shape index (κ1) is 48.1. The third-order valence-corrected chi connectivity index (χ3v) is 12.9. The first-order valence-corrected chi connectivity index (χ1v) is 21.3. The number of carbonyl (C=O) groups excluding carboxylic acids is 4.